The Hall–Kier alpha value is -2.99. The molecule has 1 atom stereocenters. The second kappa shape index (κ2) is 9.98. The second-order valence-electron chi connectivity index (χ2n) is 7.21. The molecule has 152 valence electrons. The van der Waals surface area contributed by atoms with Gasteiger partial charge < -0.3 is 15.6 Å². The third-order valence-corrected chi connectivity index (χ3v) is 5.13. The maximum atomic E-state index is 13.2. The van der Waals surface area contributed by atoms with E-state index in [4.69, 9.17) is 5.73 Å². The van der Waals surface area contributed by atoms with E-state index in [0.29, 0.717) is 35.4 Å². The van der Waals surface area contributed by atoms with E-state index < -0.39 is 0 Å². The van der Waals surface area contributed by atoms with Crippen molar-refractivity contribution in [3.05, 3.63) is 76.3 Å². The number of rotatable bonds is 9. The van der Waals surface area contributed by atoms with E-state index in [1.165, 1.54) is 0 Å². The molecule has 0 saturated carbocycles. The van der Waals surface area contributed by atoms with E-state index in [0.717, 1.165) is 25.7 Å². The minimum atomic E-state index is -0.352. The van der Waals surface area contributed by atoms with E-state index in [1.54, 1.807) is 11.0 Å². The van der Waals surface area contributed by atoms with Crippen molar-refractivity contribution in [1.29, 1.82) is 0 Å². The number of carbonyl (C=O) groups excluding carboxylic acids is 1. The number of hydrogen-bond donors (Lipinski definition) is 2. The number of fused-ring (bicyclic) bond motifs is 1. The van der Waals surface area contributed by atoms with Crippen molar-refractivity contribution in [2.24, 2.45) is 5.73 Å². The van der Waals surface area contributed by atoms with Crippen LogP contribution in [-0.2, 0) is 0 Å². The van der Waals surface area contributed by atoms with Crippen LogP contribution in [0.15, 0.2) is 59.4 Å². The zero-order valence-electron chi connectivity index (χ0n) is 16.8. The fraction of sp³-hybridized carbons (Fsp3) is 0.348. The zero-order valence-corrected chi connectivity index (χ0v) is 16.8. The van der Waals surface area contributed by atoms with Crippen molar-refractivity contribution in [3.63, 3.8) is 0 Å². The van der Waals surface area contributed by atoms with Crippen molar-refractivity contribution in [2.45, 2.75) is 38.6 Å². The minimum Gasteiger partial charge on any atom is -0.330 e. The van der Waals surface area contributed by atoms with Crippen LogP contribution in [0, 0.1) is 0 Å². The van der Waals surface area contributed by atoms with E-state index >= 15 is 0 Å². The molecule has 0 aliphatic rings. The summed E-state index contributed by atoms with van der Waals surface area (Å²) in [5.74, 6) is 0.438. The summed E-state index contributed by atoms with van der Waals surface area (Å²) in [5.41, 5.74) is 6.65. The predicted molar refractivity (Wildman–Crippen MR) is 116 cm³/mol. The molecule has 3 aromatic rings. The van der Waals surface area contributed by atoms with Gasteiger partial charge in [-0.15, -0.1) is 0 Å². The standard InChI is InChI=1S/C23H28N4O2/c1-17(21-25-20-14-8-7-13-19(20)22(28)26-21)27(16-10-3-2-9-15-24)23(29)18-11-5-4-6-12-18/h4-8,11-14,17H,2-3,9-10,15-16,24H2,1H3,(H,25,26,28). The fourth-order valence-corrected chi connectivity index (χ4v) is 3.45. The van der Waals surface area contributed by atoms with E-state index in [2.05, 4.69) is 9.97 Å². The van der Waals surface area contributed by atoms with Crippen molar-refractivity contribution < 1.29 is 4.79 Å². The van der Waals surface area contributed by atoms with Gasteiger partial charge in [-0.3, -0.25) is 9.59 Å². The maximum Gasteiger partial charge on any atom is 0.258 e. The lowest BCUT2D eigenvalue weighted by molar-refractivity contribution is 0.0679. The molecule has 3 rings (SSSR count). The van der Waals surface area contributed by atoms with Gasteiger partial charge in [-0.2, -0.15) is 0 Å². The number of nitrogens with zero attached hydrogens (tertiary/aromatic N) is 2. The number of H-pyrrole nitrogens is 1. The molecule has 2 aromatic carbocycles. The summed E-state index contributed by atoms with van der Waals surface area (Å²) in [6.07, 6.45) is 3.91. The highest BCUT2D eigenvalue weighted by molar-refractivity contribution is 5.94. The predicted octanol–water partition coefficient (Wildman–Crippen LogP) is 3.65. The molecule has 1 unspecified atom stereocenters. The lowest BCUT2D eigenvalue weighted by Gasteiger charge is -2.29. The quantitative estimate of drug-likeness (QED) is 0.544. The van der Waals surface area contributed by atoms with Gasteiger partial charge in [0.1, 0.15) is 5.82 Å². The Morgan fingerprint density at radius 1 is 1.03 bits per heavy atom. The number of aromatic nitrogens is 2. The SMILES string of the molecule is CC(c1nc2ccccc2c(=O)[nH]1)N(CCCCCCN)C(=O)c1ccccc1. The molecule has 0 fully saturated rings. The van der Waals surface area contributed by atoms with Crippen molar-refractivity contribution in [1.82, 2.24) is 14.9 Å². The molecule has 1 aromatic heterocycles. The second-order valence-corrected chi connectivity index (χ2v) is 7.21. The van der Waals surface area contributed by atoms with Crippen LogP contribution in [0.4, 0.5) is 0 Å². The van der Waals surface area contributed by atoms with Crippen LogP contribution >= 0.6 is 0 Å². The molecule has 0 saturated heterocycles. The molecule has 0 aliphatic heterocycles. The van der Waals surface area contributed by atoms with E-state index in [1.807, 2.05) is 55.5 Å². The van der Waals surface area contributed by atoms with Gasteiger partial charge in [0, 0.05) is 12.1 Å². The van der Waals surface area contributed by atoms with Gasteiger partial charge in [0.15, 0.2) is 0 Å². The van der Waals surface area contributed by atoms with Gasteiger partial charge in [-0.1, -0.05) is 43.2 Å². The Bertz CT molecular complexity index is 1000. The monoisotopic (exact) mass is 392 g/mol. The Labute approximate surface area is 170 Å². The highest BCUT2D eigenvalue weighted by Gasteiger charge is 2.24. The van der Waals surface area contributed by atoms with Crippen LogP contribution < -0.4 is 11.3 Å². The first-order chi connectivity index (χ1) is 14.1. The largest absolute Gasteiger partial charge is 0.330 e. The third kappa shape index (κ3) is 5.09. The average Bonchev–Trinajstić information content (AvgIpc) is 2.76. The van der Waals surface area contributed by atoms with Crippen LogP contribution in [0.2, 0.25) is 0 Å². The first-order valence-corrected chi connectivity index (χ1v) is 10.2. The van der Waals surface area contributed by atoms with E-state index in [9.17, 15) is 9.59 Å². The molecular weight excluding hydrogens is 364 g/mol. The topological polar surface area (TPSA) is 92.1 Å². The first-order valence-electron chi connectivity index (χ1n) is 10.2. The summed E-state index contributed by atoms with van der Waals surface area (Å²) in [7, 11) is 0. The van der Waals surface area contributed by atoms with Gasteiger partial charge >= 0.3 is 0 Å². The normalized spacial score (nSPS) is 12.1. The maximum absolute atomic E-state index is 13.2. The lowest BCUT2D eigenvalue weighted by atomic mass is 10.1. The molecule has 0 radical (unpaired) electrons. The molecular formula is C23H28N4O2. The number of nitrogens with two attached hydrogens (primary N) is 1. The highest BCUT2D eigenvalue weighted by Crippen LogP contribution is 2.21. The van der Waals surface area contributed by atoms with Crippen molar-refractivity contribution >= 4 is 16.8 Å². The molecule has 3 N–H and O–H groups in total. The van der Waals surface area contributed by atoms with Crippen LogP contribution in [0.3, 0.4) is 0 Å². The van der Waals surface area contributed by atoms with Crippen molar-refractivity contribution in [3.8, 4) is 0 Å². The Balaban J connectivity index is 1.88. The molecule has 6 heteroatoms. The molecule has 0 bridgehead atoms. The van der Waals surface area contributed by atoms with Gasteiger partial charge in [-0.25, -0.2) is 4.98 Å². The lowest BCUT2D eigenvalue weighted by Crippen LogP contribution is -2.36. The summed E-state index contributed by atoms with van der Waals surface area (Å²) in [6.45, 7) is 3.19. The molecule has 1 amide bonds. The van der Waals surface area contributed by atoms with Gasteiger partial charge in [0.25, 0.3) is 11.5 Å². The number of para-hydroxylation sites is 1. The number of amides is 1. The highest BCUT2D eigenvalue weighted by atomic mass is 16.2. The van der Waals surface area contributed by atoms with Crippen LogP contribution in [0.25, 0.3) is 10.9 Å². The number of benzene rings is 2. The number of aromatic amines is 1. The molecule has 6 nitrogen and oxygen atoms in total. The summed E-state index contributed by atoms with van der Waals surface area (Å²) in [4.78, 5) is 35.0. The summed E-state index contributed by atoms with van der Waals surface area (Å²) in [6, 6.07) is 16.1. The zero-order chi connectivity index (χ0) is 20.6. The van der Waals surface area contributed by atoms with Crippen molar-refractivity contribution in [2.75, 3.05) is 13.1 Å². The van der Waals surface area contributed by atoms with Gasteiger partial charge in [0.05, 0.1) is 16.9 Å². The molecule has 1 heterocycles. The van der Waals surface area contributed by atoms with Crippen LogP contribution in [0.5, 0.6) is 0 Å². The molecule has 0 aliphatic carbocycles. The minimum absolute atomic E-state index is 0.0623. The molecule has 29 heavy (non-hydrogen) atoms. The summed E-state index contributed by atoms with van der Waals surface area (Å²) in [5, 5.41) is 0.547. The first kappa shape index (κ1) is 20.7. The Morgan fingerprint density at radius 3 is 2.48 bits per heavy atom. The van der Waals surface area contributed by atoms with Gasteiger partial charge in [-0.05, 0) is 50.6 Å². The number of nitrogens with one attached hydrogen (secondary N) is 1. The van der Waals surface area contributed by atoms with Crippen LogP contribution in [-0.4, -0.2) is 33.9 Å². The Morgan fingerprint density at radius 2 is 1.72 bits per heavy atom. The Kier molecular flexibility index (Phi) is 7.14. The third-order valence-electron chi connectivity index (χ3n) is 5.13. The number of hydrogen-bond acceptors (Lipinski definition) is 4. The smallest absolute Gasteiger partial charge is 0.258 e. The summed E-state index contributed by atoms with van der Waals surface area (Å²) < 4.78 is 0. The number of unbranched alkanes of at least 4 members (excludes halogenated alkanes) is 3. The van der Waals surface area contributed by atoms with Gasteiger partial charge in [0.2, 0.25) is 0 Å². The average molecular weight is 393 g/mol. The number of carbonyl (C=O) groups is 1. The summed E-state index contributed by atoms with van der Waals surface area (Å²) >= 11 is 0. The molecule has 0 spiro atoms. The van der Waals surface area contributed by atoms with E-state index in [-0.39, 0.29) is 17.5 Å². The van der Waals surface area contributed by atoms with Crippen LogP contribution in [0.1, 0.15) is 54.8 Å². The fourth-order valence-electron chi connectivity index (χ4n) is 3.45.